The summed E-state index contributed by atoms with van der Waals surface area (Å²) in [7, 11) is 0. The minimum atomic E-state index is 0.265. The molecule has 1 aromatic carbocycles. The van der Waals surface area contributed by atoms with Crippen molar-refractivity contribution < 1.29 is 4.42 Å². The average Bonchev–Trinajstić information content (AvgIpc) is 2.98. The molecule has 1 aromatic heterocycles. The first-order chi connectivity index (χ1) is 8.34. The highest BCUT2D eigenvalue weighted by atomic mass is 16.3. The summed E-state index contributed by atoms with van der Waals surface area (Å²) in [6, 6.07) is 13.4. The maximum atomic E-state index is 5.43. The molecule has 0 amide bonds. The van der Waals surface area contributed by atoms with Crippen molar-refractivity contribution >= 4 is 0 Å². The zero-order valence-corrected chi connectivity index (χ0v) is 10.0. The van der Waals surface area contributed by atoms with Crippen LogP contribution in [0, 0.1) is 0 Å². The molecule has 17 heavy (non-hydrogen) atoms. The number of benzene rings is 1. The molecule has 1 unspecified atom stereocenters. The van der Waals surface area contributed by atoms with Gasteiger partial charge in [0.25, 0.3) is 0 Å². The third kappa shape index (κ3) is 2.01. The minimum absolute atomic E-state index is 0.265. The van der Waals surface area contributed by atoms with Crippen molar-refractivity contribution in [3.8, 4) is 0 Å². The van der Waals surface area contributed by atoms with Gasteiger partial charge in [-0.15, -0.1) is 0 Å². The van der Waals surface area contributed by atoms with Crippen LogP contribution in [0.5, 0.6) is 0 Å². The quantitative estimate of drug-likeness (QED) is 0.866. The molecule has 0 saturated carbocycles. The second-order valence-electron chi connectivity index (χ2n) is 4.69. The van der Waals surface area contributed by atoms with Gasteiger partial charge in [-0.2, -0.15) is 0 Å². The van der Waals surface area contributed by atoms with Gasteiger partial charge in [0.2, 0.25) is 0 Å². The summed E-state index contributed by atoms with van der Waals surface area (Å²) in [5.74, 6) is 1.01. The van der Waals surface area contributed by atoms with E-state index in [9.17, 15) is 0 Å². The van der Waals surface area contributed by atoms with E-state index in [0.29, 0.717) is 6.04 Å². The number of nitrogens with one attached hydrogen (secondary N) is 1. The van der Waals surface area contributed by atoms with E-state index in [1.807, 2.05) is 12.1 Å². The number of fused-ring (bicyclic) bond motifs is 1. The molecule has 0 fully saturated rings. The van der Waals surface area contributed by atoms with Gasteiger partial charge in [-0.3, -0.25) is 0 Å². The summed E-state index contributed by atoms with van der Waals surface area (Å²) in [6.07, 6.45) is 4.10. The highest BCUT2D eigenvalue weighted by molar-refractivity contribution is 5.34. The Morgan fingerprint density at radius 3 is 2.94 bits per heavy atom. The van der Waals surface area contributed by atoms with Gasteiger partial charge in [0.05, 0.1) is 12.3 Å². The van der Waals surface area contributed by atoms with E-state index < -0.39 is 0 Å². The fourth-order valence-corrected chi connectivity index (χ4v) is 2.65. The lowest BCUT2D eigenvalue weighted by Crippen LogP contribution is -2.22. The molecule has 2 atom stereocenters. The standard InChI is InChI=1S/C15H17NO/c1-11(15-7-4-10-17-15)16-14-9-8-12-5-2-3-6-13(12)14/h2-7,10-11,14,16H,8-9H2,1H3/t11-,14?/m0/s1. The normalized spacial score (nSPS) is 20.2. The first-order valence-electron chi connectivity index (χ1n) is 6.22. The van der Waals surface area contributed by atoms with Crippen LogP contribution in [0.25, 0.3) is 0 Å². The fourth-order valence-electron chi connectivity index (χ4n) is 2.65. The van der Waals surface area contributed by atoms with Gasteiger partial charge in [0.15, 0.2) is 0 Å². The van der Waals surface area contributed by atoms with Gasteiger partial charge < -0.3 is 9.73 Å². The first kappa shape index (κ1) is 10.6. The van der Waals surface area contributed by atoms with Crippen molar-refractivity contribution in [3.63, 3.8) is 0 Å². The van der Waals surface area contributed by atoms with Crippen LogP contribution in [-0.4, -0.2) is 0 Å². The molecule has 0 radical (unpaired) electrons. The van der Waals surface area contributed by atoms with Crippen molar-refractivity contribution in [2.75, 3.05) is 0 Å². The van der Waals surface area contributed by atoms with E-state index in [2.05, 4.69) is 36.5 Å². The molecule has 0 saturated heterocycles. The predicted octanol–water partition coefficient (Wildman–Crippen LogP) is 3.62. The molecule has 88 valence electrons. The molecule has 1 aliphatic rings. The van der Waals surface area contributed by atoms with Crippen molar-refractivity contribution in [3.05, 3.63) is 59.5 Å². The molecule has 0 spiro atoms. The topological polar surface area (TPSA) is 25.2 Å². The van der Waals surface area contributed by atoms with Crippen molar-refractivity contribution in [2.24, 2.45) is 0 Å². The van der Waals surface area contributed by atoms with Gasteiger partial charge in [-0.25, -0.2) is 0 Å². The lowest BCUT2D eigenvalue weighted by atomic mass is 10.1. The summed E-state index contributed by atoms with van der Waals surface area (Å²) in [5, 5.41) is 3.64. The Labute approximate surface area is 102 Å². The van der Waals surface area contributed by atoms with Crippen molar-refractivity contribution in [1.29, 1.82) is 0 Å². The second-order valence-corrected chi connectivity index (χ2v) is 4.69. The Bertz CT molecular complexity index is 489. The molecule has 3 rings (SSSR count). The van der Waals surface area contributed by atoms with Gasteiger partial charge in [0.1, 0.15) is 5.76 Å². The maximum absolute atomic E-state index is 5.43. The summed E-state index contributed by atoms with van der Waals surface area (Å²) in [6.45, 7) is 2.15. The lowest BCUT2D eigenvalue weighted by molar-refractivity contribution is 0.391. The minimum Gasteiger partial charge on any atom is -0.468 e. The Balaban J connectivity index is 1.75. The number of rotatable bonds is 3. The molecule has 1 aliphatic carbocycles. The summed E-state index contributed by atoms with van der Waals surface area (Å²) in [4.78, 5) is 0. The third-order valence-corrected chi connectivity index (χ3v) is 3.55. The summed E-state index contributed by atoms with van der Waals surface area (Å²) >= 11 is 0. The number of furan rings is 1. The highest BCUT2D eigenvalue weighted by Crippen LogP contribution is 2.32. The smallest absolute Gasteiger partial charge is 0.120 e. The summed E-state index contributed by atoms with van der Waals surface area (Å²) in [5.41, 5.74) is 2.93. The second kappa shape index (κ2) is 4.38. The van der Waals surface area contributed by atoms with E-state index in [0.717, 1.165) is 5.76 Å². The van der Waals surface area contributed by atoms with E-state index >= 15 is 0 Å². The Morgan fingerprint density at radius 1 is 1.24 bits per heavy atom. The van der Waals surface area contributed by atoms with Crippen LogP contribution in [0.2, 0.25) is 0 Å². The highest BCUT2D eigenvalue weighted by Gasteiger charge is 2.23. The molecule has 2 heteroatoms. The van der Waals surface area contributed by atoms with Crippen LogP contribution in [0.1, 0.15) is 42.3 Å². The monoisotopic (exact) mass is 227 g/mol. The van der Waals surface area contributed by atoms with Gasteiger partial charge in [-0.05, 0) is 43.0 Å². The first-order valence-corrected chi connectivity index (χ1v) is 6.22. The largest absolute Gasteiger partial charge is 0.468 e. The van der Waals surface area contributed by atoms with E-state index in [1.165, 1.54) is 24.0 Å². The molecule has 0 aliphatic heterocycles. The number of hydrogen-bond acceptors (Lipinski definition) is 2. The van der Waals surface area contributed by atoms with E-state index in [-0.39, 0.29) is 6.04 Å². The molecule has 1 N–H and O–H groups in total. The Morgan fingerprint density at radius 2 is 2.12 bits per heavy atom. The third-order valence-electron chi connectivity index (χ3n) is 3.55. The van der Waals surface area contributed by atoms with Crippen LogP contribution in [0.4, 0.5) is 0 Å². The molecular formula is C15H17NO. The fraction of sp³-hybridized carbons (Fsp3) is 0.333. The average molecular weight is 227 g/mol. The van der Waals surface area contributed by atoms with E-state index in [1.54, 1.807) is 6.26 Å². The van der Waals surface area contributed by atoms with Crippen LogP contribution in [0.15, 0.2) is 47.1 Å². The van der Waals surface area contributed by atoms with Crippen LogP contribution in [-0.2, 0) is 6.42 Å². The van der Waals surface area contributed by atoms with Crippen molar-refractivity contribution in [1.82, 2.24) is 5.32 Å². The maximum Gasteiger partial charge on any atom is 0.120 e. The van der Waals surface area contributed by atoms with Gasteiger partial charge in [-0.1, -0.05) is 24.3 Å². The summed E-state index contributed by atoms with van der Waals surface area (Å²) < 4.78 is 5.43. The predicted molar refractivity (Wildman–Crippen MR) is 67.8 cm³/mol. The Hall–Kier alpha value is -1.54. The molecular weight excluding hydrogens is 210 g/mol. The Kier molecular flexibility index (Phi) is 2.73. The molecule has 1 heterocycles. The molecule has 0 bridgehead atoms. The molecule has 2 nitrogen and oxygen atoms in total. The van der Waals surface area contributed by atoms with E-state index in [4.69, 9.17) is 4.42 Å². The van der Waals surface area contributed by atoms with Crippen LogP contribution >= 0.6 is 0 Å². The SMILES string of the molecule is C[C@H](NC1CCc2ccccc21)c1ccco1. The van der Waals surface area contributed by atoms with Crippen LogP contribution in [0.3, 0.4) is 0 Å². The lowest BCUT2D eigenvalue weighted by Gasteiger charge is -2.18. The number of hydrogen-bond donors (Lipinski definition) is 1. The van der Waals surface area contributed by atoms with Crippen molar-refractivity contribution in [2.45, 2.75) is 31.8 Å². The van der Waals surface area contributed by atoms with Gasteiger partial charge >= 0.3 is 0 Å². The van der Waals surface area contributed by atoms with Gasteiger partial charge in [0, 0.05) is 6.04 Å². The zero-order valence-electron chi connectivity index (χ0n) is 10.0. The molecule has 2 aromatic rings. The van der Waals surface area contributed by atoms with Crippen LogP contribution < -0.4 is 5.32 Å². The zero-order chi connectivity index (χ0) is 11.7. The number of aryl methyl sites for hydroxylation is 1.